The first-order chi connectivity index (χ1) is 6.40. The van der Waals surface area contributed by atoms with Crippen molar-refractivity contribution >= 4 is 5.97 Å². The van der Waals surface area contributed by atoms with Gasteiger partial charge < -0.3 is 15.7 Å². The van der Waals surface area contributed by atoms with Gasteiger partial charge in [0.25, 0.3) is 0 Å². The molecule has 0 aromatic carbocycles. The Kier molecular flexibility index (Phi) is 3.50. The Bertz CT molecular complexity index is 211. The molecule has 0 amide bonds. The molecule has 0 bridgehead atoms. The zero-order valence-corrected chi connectivity index (χ0v) is 9.13. The van der Waals surface area contributed by atoms with E-state index in [-0.39, 0.29) is 17.5 Å². The van der Waals surface area contributed by atoms with Gasteiger partial charge in [-0.05, 0) is 33.7 Å². The zero-order valence-electron chi connectivity index (χ0n) is 9.13. The average Bonchev–Trinajstić information content (AvgIpc) is 2.01. The smallest absolute Gasteiger partial charge is 0.308 e. The van der Waals surface area contributed by atoms with Crippen LogP contribution in [0.25, 0.3) is 0 Å². The van der Waals surface area contributed by atoms with E-state index in [1.54, 1.807) is 0 Å². The highest BCUT2D eigenvalue weighted by Crippen LogP contribution is 2.15. The maximum atomic E-state index is 11.0. The second-order valence-corrected chi connectivity index (χ2v) is 4.94. The molecule has 1 fully saturated rings. The van der Waals surface area contributed by atoms with Gasteiger partial charge in [-0.15, -0.1) is 0 Å². The van der Waals surface area contributed by atoms with E-state index in [4.69, 9.17) is 5.11 Å². The van der Waals surface area contributed by atoms with Crippen molar-refractivity contribution < 1.29 is 9.90 Å². The van der Waals surface area contributed by atoms with Gasteiger partial charge in [-0.25, -0.2) is 0 Å². The van der Waals surface area contributed by atoms with Gasteiger partial charge in [0.05, 0.1) is 5.92 Å². The van der Waals surface area contributed by atoms with Crippen LogP contribution in [0.5, 0.6) is 0 Å². The van der Waals surface area contributed by atoms with Crippen molar-refractivity contribution in [3.05, 3.63) is 0 Å². The maximum absolute atomic E-state index is 11.0. The molecule has 14 heavy (non-hydrogen) atoms. The van der Waals surface area contributed by atoms with E-state index in [0.29, 0.717) is 6.42 Å². The van der Waals surface area contributed by atoms with Crippen molar-refractivity contribution in [3.8, 4) is 0 Å². The Morgan fingerprint density at radius 1 is 1.50 bits per heavy atom. The topological polar surface area (TPSA) is 61.4 Å². The first kappa shape index (κ1) is 11.5. The summed E-state index contributed by atoms with van der Waals surface area (Å²) in [6.45, 7) is 7.72. The highest BCUT2D eigenvalue weighted by atomic mass is 16.4. The van der Waals surface area contributed by atoms with Gasteiger partial charge in [-0.3, -0.25) is 4.79 Å². The minimum atomic E-state index is -0.687. The van der Waals surface area contributed by atoms with Gasteiger partial charge >= 0.3 is 5.97 Å². The number of nitrogens with one attached hydrogen (secondary N) is 2. The first-order valence-corrected chi connectivity index (χ1v) is 5.11. The minimum absolute atomic E-state index is 0.0304. The molecule has 0 radical (unpaired) electrons. The summed E-state index contributed by atoms with van der Waals surface area (Å²) in [5, 5.41) is 15.6. The number of aliphatic carboxylic acids is 1. The molecule has 1 aliphatic rings. The Labute approximate surface area is 85.1 Å². The zero-order chi connectivity index (χ0) is 10.8. The predicted octanol–water partition coefficient (Wildman–Crippen LogP) is 0.437. The van der Waals surface area contributed by atoms with Crippen LogP contribution in [-0.2, 0) is 4.79 Å². The highest BCUT2D eigenvalue weighted by molar-refractivity contribution is 5.71. The SMILES string of the molecule is CC(C)(C)NC1CNCCC1C(=O)O. The molecule has 1 rings (SSSR count). The molecule has 0 aliphatic carbocycles. The summed E-state index contributed by atoms with van der Waals surface area (Å²) in [6, 6.07) is 0.0428. The molecule has 1 saturated heterocycles. The van der Waals surface area contributed by atoms with Crippen molar-refractivity contribution in [1.82, 2.24) is 10.6 Å². The summed E-state index contributed by atoms with van der Waals surface area (Å²) < 4.78 is 0. The Hall–Kier alpha value is -0.610. The molecule has 0 spiro atoms. The van der Waals surface area contributed by atoms with E-state index >= 15 is 0 Å². The molecule has 0 aromatic rings. The predicted molar refractivity (Wildman–Crippen MR) is 55.3 cm³/mol. The van der Waals surface area contributed by atoms with Crippen molar-refractivity contribution in [1.29, 1.82) is 0 Å². The molecule has 3 N–H and O–H groups in total. The number of hydrogen-bond donors (Lipinski definition) is 3. The normalized spacial score (nSPS) is 28.8. The molecule has 0 saturated carbocycles. The minimum Gasteiger partial charge on any atom is -0.481 e. The largest absolute Gasteiger partial charge is 0.481 e. The number of carboxylic acids is 1. The quantitative estimate of drug-likeness (QED) is 0.605. The van der Waals surface area contributed by atoms with E-state index < -0.39 is 5.97 Å². The van der Waals surface area contributed by atoms with Crippen LogP contribution in [0.3, 0.4) is 0 Å². The summed E-state index contributed by atoms with van der Waals surface area (Å²) >= 11 is 0. The molecule has 4 heteroatoms. The fraction of sp³-hybridized carbons (Fsp3) is 0.900. The summed E-state index contributed by atoms with van der Waals surface area (Å²) in [6.07, 6.45) is 0.711. The van der Waals surface area contributed by atoms with E-state index in [9.17, 15) is 4.79 Å². The molecule has 0 aromatic heterocycles. The molecule has 1 aliphatic heterocycles. The van der Waals surface area contributed by atoms with Gasteiger partial charge in [0.1, 0.15) is 0 Å². The van der Waals surface area contributed by atoms with Crippen LogP contribution in [0, 0.1) is 5.92 Å². The van der Waals surface area contributed by atoms with E-state index in [2.05, 4.69) is 31.4 Å². The molecule has 82 valence electrons. The molecular weight excluding hydrogens is 180 g/mol. The third-order valence-electron chi connectivity index (χ3n) is 2.42. The van der Waals surface area contributed by atoms with E-state index in [1.807, 2.05) is 0 Å². The van der Waals surface area contributed by atoms with E-state index in [1.165, 1.54) is 0 Å². The van der Waals surface area contributed by atoms with Crippen LogP contribution in [-0.4, -0.2) is 35.7 Å². The lowest BCUT2D eigenvalue weighted by molar-refractivity contribution is -0.143. The summed E-state index contributed by atoms with van der Waals surface area (Å²) in [4.78, 5) is 11.0. The van der Waals surface area contributed by atoms with Crippen molar-refractivity contribution in [2.75, 3.05) is 13.1 Å². The lowest BCUT2D eigenvalue weighted by Gasteiger charge is -2.35. The van der Waals surface area contributed by atoms with Crippen LogP contribution in [0.1, 0.15) is 27.2 Å². The lowest BCUT2D eigenvalue weighted by atomic mass is 9.91. The number of carbonyl (C=O) groups is 1. The van der Waals surface area contributed by atoms with Crippen molar-refractivity contribution in [2.24, 2.45) is 5.92 Å². The van der Waals surface area contributed by atoms with Gasteiger partial charge in [-0.1, -0.05) is 0 Å². The molecule has 2 atom stereocenters. The van der Waals surface area contributed by atoms with Crippen molar-refractivity contribution in [2.45, 2.75) is 38.8 Å². The number of carboxylic acid groups (broad SMARTS) is 1. The third kappa shape index (κ3) is 3.27. The Balaban J connectivity index is 2.59. The third-order valence-corrected chi connectivity index (χ3v) is 2.42. The monoisotopic (exact) mass is 200 g/mol. The fourth-order valence-electron chi connectivity index (χ4n) is 1.86. The molecular formula is C10H20N2O2. The number of piperidine rings is 1. The maximum Gasteiger partial charge on any atom is 0.308 e. The second kappa shape index (κ2) is 4.28. The first-order valence-electron chi connectivity index (χ1n) is 5.11. The Morgan fingerprint density at radius 2 is 2.14 bits per heavy atom. The van der Waals surface area contributed by atoms with Crippen LogP contribution in [0.4, 0.5) is 0 Å². The highest BCUT2D eigenvalue weighted by Gasteiger charge is 2.32. The Morgan fingerprint density at radius 3 is 2.64 bits per heavy atom. The summed E-state index contributed by atoms with van der Waals surface area (Å²) in [5.74, 6) is -0.941. The standard InChI is InChI=1S/C10H20N2O2/c1-10(2,3)12-8-6-11-5-4-7(8)9(13)14/h7-8,11-12H,4-6H2,1-3H3,(H,13,14). The molecule has 4 nitrogen and oxygen atoms in total. The summed E-state index contributed by atoms with van der Waals surface area (Å²) in [5.41, 5.74) is -0.0304. The summed E-state index contributed by atoms with van der Waals surface area (Å²) in [7, 11) is 0. The van der Waals surface area contributed by atoms with Gasteiger partial charge in [0, 0.05) is 18.1 Å². The molecule has 2 unspecified atom stereocenters. The van der Waals surface area contributed by atoms with Crippen LogP contribution in [0.2, 0.25) is 0 Å². The number of rotatable bonds is 2. The van der Waals surface area contributed by atoms with Crippen LogP contribution in [0.15, 0.2) is 0 Å². The average molecular weight is 200 g/mol. The number of hydrogen-bond acceptors (Lipinski definition) is 3. The lowest BCUT2D eigenvalue weighted by Crippen LogP contribution is -2.56. The van der Waals surface area contributed by atoms with Crippen LogP contribution < -0.4 is 10.6 Å². The van der Waals surface area contributed by atoms with E-state index in [0.717, 1.165) is 13.1 Å². The van der Waals surface area contributed by atoms with Crippen molar-refractivity contribution in [3.63, 3.8) is 0 Å². The van der Waals surface area contributed by atoms with Gasteiger partial charge in [0.15, 0.2) is 0 Å². The fourth-order valence-corrected chi connectivity index (χ4v) is 1.86. The van der Waals surface area contributed by atoms with Crippen LogP contribution >= 0.6 is 0 Å². The van der Waals surface area contributed by atoms with Gasteiger partial charge in [0.2, 0.25) is 0 Å². The second-order valence-electron chi connectivity index (χ2n) is 4.94. The van der Waals surface area contributed by atoms with Gasteiger partial charge in [-0.2, -0.15) is 0 Å². The molecule has 1 heterocycles.